The van der Waals surface area contributed by atoms with Crippen molar-refractivity contribution >= 4 is 23.1 Å². The fraction of sp³-hybridized carbons (Fsp3) is 0.714. The van der Waals surface area contributed by atoms with Crippen molar-refractivity contribution in [1.82, 2.24) is 9.36 Å². The second-order valence-electron chi connectivity index (χ2n) is 2.66. The third kappa shape index (κ3) is 1.76. The van der Waals surface area contributed by atoms with Crippen LogP contribution in [-0.4, -0.2) is 16.5 Å². The van der Waals surface area contributed by atoms with Gasteiger partial charge in [0.05, 0.1) is 0 Å². The van der Waals surface area contributed by atoms with Crippen LogP contribution in [0.1, 0.15) is 26.1 Å². The molecule has 1 aromatic rings. The lowest BCUT2D eigenvalue weighted by molar-refractivity contribution is -0.00798. The molecular formula is C7H11ClN2OS. The third-order valence-electron chi connectivity index (χ3n) is 2.00. The molecule has 12 heavy (non-hydrogen) atoms. The Labute approximate surface area is 80.9 Å². The fourth-order valence-electron chi connectivity index (χ4n) is 0.814. The molecule has 5 heteroatoms. The second kappa shape index (κ2) is 3.68. The summed E-state index contributed by atoms with van der Waals surface area (Å²) >= 11 is 6.86. The molecule has 0 saturated heterocycles. The summed E-state index contributed by atoms with van der Waals surface area (Å²) in [4.78, 5) is 4.07. The van der Waals surface area contributed by atoms with E-state index in [-0.39, 0.29) is 0 Å². The highest BCUT2D eigenvalue weighted by atomic mass is 35.5. The van der Waals surface area contributed by atoms with E-state index in [2.05, 4.69) is 9.36 Å². The van der Waals surface area contributed by atoms with E-state index in [1.807, 2.05) is 13.8 Å². The molecule has 0 fully saturated rings. The van der Waals surface area contributed by atoms with E-state index in [9.17, 15) is 0 Å². The molecule has 1 heterocycles. The molecule has 0 aliphatic rings. The molecule has 1 atom stereocenters. The number of rotatable bonds is 3. The Morgan fingerprint density at radius 3 is 2.67 bits per heavy atom. The van der Waals surface area contributed by atoms with Crippen molar-refractivity contribution in [3.8, 4) is 0 Å². The van der Waals surface area contributed by atoms with Crippen molar-refractivity contribution in [2.75, 3.05) is 7.11 Å². The molecule has 0 bridgehead atoms. The Morgan fingerprint density at radius 2 is 2.33 bits per heavy atom. The first-order valence-electron chi connectivity index (χ1n) is 3.67. The van der Waals surface area contributed by atoms with Gasteiger partial charge < -0.3 is 4.74 Å². The first-order chi connectivity index (χ1) is 5.62. The number of aromatic nitrogens is 2. The van der Waals surface area contributed by atoms with Gasteiger partial charge in [-0.2, -0.15) is 4.37 Å². The van der Waals surface area contributed by atoms with Crippen LogP contribution in [0.5, 0.6) is 0 Å². The highest BCUT2D eigenvalue weighted by Gasteiger charge is 2.28. The Bertz CT molecular complexity index is 260. The summed E-state index contributed by atoms with van der Waals surface area (Å²) in [6.07, 6.45) is 0.830. The smallest absolute Gasteiger partial charge is 0.203 e. The zero-order chi connectivity index (χ0) is 9.19. The topological polar surface area (TPSA) is 35.0 Å². The summed E-state index contributed by atoms with van der Waals surface area (Å²) in [6.45, 7) is 3.98. The van der Waals surface area contributed by atoms with Crippen LogP contribution in [0.4, 0.5) is 0 Å². The first-order valence-corrected chi connectivity index (χ1v) is 4.82. The minimum atomic E-state index is -0.399. The van der Waals surface area contributed by atoms with E-state index in [0.717, 1.165) is 6.42 Å². The molecule has 0 saturated carbocycles. The van der Waals surface area contributed by atoms with Crippen molar-refractivity contribution < 1.29 is 4.74 Å². The van der Waals surface area contributed by atoms with Gasteiger partial charge in [-0.25, -0.2) is 4.98 Å². The van der Waals surface area contributed by atoms with Crippen LogP contribution in [0.15, 0.2) is 0 Å². The van der Waals surface area contributed by atoms with Gasteiger partial charge in [-0.05, 0) is 36.5 Å². The summed E-state index contributed by atoms with van der Waals surface area (Å²) in [5, 5.41) is 0. The quantitative estimate of drug-likeness (QED) is 0.762. The maximum Gasteiger partial charge on any atom is 0.203 e. The zero-order valence-electron chi connectivity index (χ0n) is 7.30. The SMILES string of the molecule is CCC(C)(OC)c1nsc(Cl)n1. The van der Waals surface area contributed by atoms with Crippen molar-refractivity contribution in [1.29, 1.82) is 0 Å². The lowest BCUT2D eigenvalue weighted by Gasteiger charge is -2.22. The summed E-state index contributed by atoms with van der Waals surface area (Å²) in [5.74, 6) is 0.669. The lowest BCUT2D eigenvalue weighted by atomic mass is 10.0. The van der Waals surface area contributed by atoms with E-state index < -0.39 is 5.60 Å². The normalized spacial score (nSPS) is 16.0. The number of hydrogen-bond acceptors (Lipinski definition) is 4. The standard InChI is InChI=1S/C7H11ClN2OS/c1-4-7(2,11-3)5-9-6(8)12-10-5/h4H2,1-3H3. The summed E-state index contributed by atoms with van der Waals surface area (Å²) in [5.41, 5.74) is -0.399. The van der Waals surface area contributed by atoms with Crippen molar-refractivity contribution in [2.24, 2.45) is 0 Å². The Hall–Kier alpha value is -0.190. The third-order valence-corrected chi connectivity index (χ3v) is 2.80. The number of methoxy groups -OCH3 is 1. The number of ether oxygens (including phenoxy) is 1. The van der Waals surface area contributed by atoms with Gasteiger partial charge in [-0.15, -0.1) is 0 Å². The molecular weight excluding hydrogens is 196 g/mol. The van der Waals surface area contributed by atoms with Crippen LogP contribution in [0, 0.1) is 0 Å². The number of hydrogen-bond donors (Lipinski definition) is 0. The average Bonchev–Trinajstić information content (AvgIpc) is 2.51. The summed E-state index contributed by atoms with van der Waals surface area (Å²) in [7, 11) is 1.65. The van der Waals surface area contributed by atoms with Gasteiger partial charge in [0.1, 0.15) is 5.60 Å². The Morgan fingerprint density at radius 1 is 1.67 bits per heavy atom. The number of halogens is 1. The van der Waals surface area contributed by atoms with Crippen molar-refractivity contribution in [3.63, 3.8) is 0 Å². The maximum atomic E-state index is 5.67. The van der Waals surface area contributed by atoms with E-state index >= 15 is 0 Å². The molecule has 0 spiro atoms. The molecule has 0 aliphatic carbocycles. The molecule has 68 valence electrons. The second-order valence-corrected chi connectivity index (χ2v) is 3.99. The molecule has 1 aromatic heterocycles. The Kier molecular flexibility index (Phi) is 3.04. The van der Waals surface area contributed by atoms with E-state index in [1.54, 1.807) is 7.11 Å². The number of nitrogens with zero attached hydrogens (tertiary/aromatic N) is 2. The van der Waals surface area contributed by atoms with Gasteiger partial charge in [0.25, 0.3) is 0 Å². The van der Waals surface area contributed by atoms with Crippen molar-refractivity contribution in [3.05, 3.63) is 10.3 Å². The highest BCUT2D eigenvalue weighted by molar-refractivity contribution is 7.10. The van der Waals surface area contributed by atoms with Gasteiger partial charge in [-0.1, -0.05) is 6.92 Å². The summed E-state index contributed by atoms with van der Waals surface area (Å²) < 4.78 is 9.87. The fourth-order valence-corrected chi connectivity index (χ4v) is 1.52. The highest BCUT2D eigenvalue weighted by Crippen LogP contribution is 2.27. The summed E-state index contributed by atoms with van der Waals surface area (Å²) in [6, 6.07) is 0. The molecule has 1 rings (SSSR count). The molecule has 0 aliphatic heterocycles. The predicted octanol–water partition coefficient (Wildman–Crippen LogP) is 2.46. The molecule has 0 amide bonds. The van der Waals surface area contributed by atoms with Gasteiger partial charge >= 0.3 is 0 Å². The van der Waals surface area contributed by atoms with Crippen LogP contribution < -0.4 is 0 Å². The van der Waals surface area contributed by atoms with E-state index in [1.165, 1.54) is 11.5 Å². The van der Waals surface area contributed by atoms with Gasteiger partial charge in [0, 0.05) is 7.11 Å². The van der Waals surface area contributed by atoms with Crippen LogP contribution in [0.25, 0.3) is 0 Å². The van der Waals surface area contributed by atoms with Gasteiger partial charge in [0.2, 0.25) is 4.47 Å². The predicted molar refractivity (Wildman–Crippen MR) is 49.6 cm³/mol. The maximum absolute atomic E-state index is 5.67. The zero-order valence-corrected chi connectivity index (χ0v) is 8.87. The lowest BCUT2D eigenvalue weighted by Crippen LogP contribution is -2.24. The van der Waals surface area contributed by atoms with E-state index in [4.69, 9.17) is 16.3 Å². The van der Waals surface area contributed by atoms with Gasteiger partial charge in [-0.3, -0.25) is 0 Å². The minimum Gasteiger partial charge on any atom is -0.370 e. The largest absolute Gasteiger partial charge is 0.370 e. The molecule has 0 radical (unpaired) electrons. The molecule has 1 unspecified atom stereocenters. The molecule has 0 aromatic carbocycles. The molecule has 0 N–H and O–H groups in total. The monoisotopic (exact) mass is 206 g/mol. The van der Waals surface area contributed by atoms with Crippen molar-refractivity contribution in [2.45, 2.75) is 25.9 Å². The molecule has 3 nitrogen and oxygen atoms in total. The minimum absolute atomic E-state index is 0.399. The van der Waals surface area contributed by atoms with Crippen LogP contribution in [0.2, 0.25) is 4.47 Å². The Balaban J connectivity index is 2.94. The van der Waals surface area contributed by atoms with Crippen LogP contribution in [-0.2, 0) is 10.3 Å². The average molecular weight is 207 g/mol. The van der Waals surface area contributed by atoms with Crippen LogP contribution in [0.3, 0.4) is 0 Å². The van der Waals surface area contributed by atoms with Crippen LogP contribution >= 0.6 is 23.1 Å². The van der Waals surface area contributed by atoms with Gasteiger partial charge in [0.15, 0.2) is 5.82 Å². The van der Waals surface area contributed by atoms with E-state index in [0.29, 0.717) is 10.3 Å². The first kappa shape index (κ1) is 9.89.